The molecule has 1 atom stereocenters. The first-order chi connectivity index (χ1) is 7.15. The van der Waals surface area contributed by atoms with E-state index in [1.807, 2.05) is 0 Å². The zero-order chi connectivity index (χ0) is 11.3. The van der Waals surface area contributed by atoms with Crippen molar-refractivity contribution in [3.63, 3.8) is 0 Å². The van der Waals surface area contributed by atoms with Gasteiger partial charge in [-0.3, -0.25) is 4.90 Å². The first kappa shape index (κ1) is 13.0. The molecule has 1 rings (SSSR count). The number of hydrogen-bond donors (Lipinski definition) is 1. The van der Waals surface area contributed by atoms with Gasteiger partial charge in [0.15, 0.2) is 0 Å². The minimum Gasteiger partial charge on any atom is -0.317 e. The molecule has 1 saturated heterocycles. The van der Waals surface area contributed by atoms with E-state index in [4.69, 9.17) is 0 Å². The Morgan fingerprint density at radius 1 is 1.20 bits per heavy atom. The molecule has 0 radical (unpaired) electrons. The maximum Gasteiger partial charge on any atom is 0.00671 e. The second-order valence-electron chi connectivity index (χ2n) is 5.24. The quantitative estimate of drug-likeness (QED) is 0.753. The molecule has 1 N–H and O–H groups in total. The highest BCUT2D eigenvalue weighted by Gasteiger charge is 2.21. The van der Waals surface area contributed by atoms with Gasteiger partial charge in [-0.2, -0.15) is 0 Å². The van der Waals surface area contributed by atoms with Gasteiger partial charge in [-0.1, -0.05) is 6.92 Å². The van der Waals surface area contributed by atoms with E-state index in [2.05, 4.69) is 37.9 Å². The van der Waals surface area contributed by atoms with Gasteiger partial charge >= 0.3 is 0 Å². The second-order valence-corrected chi connectivity index (χ2v) is 5.24. The van der Waals surface area contributed by atoms with Crippen LogP contribution in [0.3, 0.4) is 0 Å². The molecule has 0 amide bonds. The third-order valence-electron chi connectivity index (χ3n) is 3.75. The van der Waals surface area contributed by atoms with Gasteiger partial charge in [-0.05, 0) is 59.0 Å². The van der Waals surface area contributed by atoms with Crippen LogP contribution in [0.4, 0.5) is 0 Å². The highest BCUT2D eigenvalue weighted by Crippen LogP contribution is 2.18. The van der Waals surface area contributed by atoms with Crippen LogP contribution in [-0.4, -0.2) is 36.6 Å². The van der Waals surface area contributed by atoms with Crippen LogP contribution in [0.1, 0.15) is 47.0 Å². The predicted octanol–water partition coefficient (Wildman–Crippen LogP) is 2.49. The number of hydrogen-bond acceptors (Lipinski definition) is 2. The summed E-state index contributed by atoms with van der Waals surface area (Å²) in [4.78, 5) is 2.68. The van der Waals surface area contributed by atoms with Crippen LogP contribution in [0.15, 0.2) is 0 Å². The van der Waals surface area contributed by atoms with Crippen molar-refractivity contribution in [2.24, 2.45) is 5.92 Å². The van der Waals surface area contributed by atoms with Gasteiger partial charge in [0, 0.05) is 18.6 Å². The summed E-state index contributed by atoms with van der Waals surface area (Å²) in [6.07, 6.45) is 3.99. The summed E-state index contributed by atoms with van der Waals surface area (Å²) in [7, 11) is 0. The van der Waals surface area contributed by atoms with Crippen LogP contribution in [0.25, 0.3) is 0 Å². The van der Waals surface area contributed by atoms with Crippen LogP contribution in [0.2, 0.25) is 0 Å². The van der Waals surface area contributed by atoms with E-state index in [1.54, 1.807) is 0 Å². The fourth-order valence-electron chi connectivity index (χ4n) is 2.50. The Hall–Kier alpha value is -0.0800. The molecule has 0 aliphatic carbocycles. The fraction of sp³-hybridized carbons (Fsp3) is 1.00. The van der Waals surface area contributed by atoms with E-state index >= 15 is 0 Å². The summed E-state index contributed by atoms with van der Waals surface area (Å²) in [6, 6.07) is 1.43. The first-order valence-electron chi connectivity index (χ1n) is 6.61. The lowest BCUT2D eigenvalue weighted by molar-refractivity contribution is 0.122. The molecule has 2 heteroatoms. The van der Waals surface area contributed by atoms with Crippen LogP contribution < -0.4 is 5.32 Å². The Morgan fingerprint density at radius 3 is 2.27 bits per heavy atom. The van der Waals surface area contributed by atoms with Gasteiger partial charge in [-0.25, -0.2) is 0 Å². The van der Waals surface area contributed by atoms with Crippen LogP contribution >= 0.6 is 0 Å². The summed E-state index contributed by atoms with van der Waals surface area (Å²) in [6.45, 7) is 13.0. The fourth-order valence-corrected chi connectivity index (χ4v) is 2.50. The molecule has 1 fully saturated rings. The molecule has 15 heavy (non-hydrogen) atoms. The van der Waals surface area contributed by atoms with Crippen LogP contribution in [0, 0.1) is 5.92 Å². The molecular weight excluding hydrogens is 184 g/mol. The molecule has 1 heterocycles. The predicted molar refractivity (Wildman–Crippen MR) is 67.2 cm³/mol. The molecule has 1 unspecified atom stereocenters. The highest BCUT2D eigenvalue weighted by molar-refractivity contribution is 4.77. The minimum atomic E-state index is 0.690. The summed E-state index contributed by atoms with van der Waals surface area (Å²) in [5, 5.41) is 3.44. The van der Waals surface area contributed by atoms with E-state index in [0.29, 0.717) is 6.04 Å². The molecule has 0 aromatic carbocycles. The van der Waals surface area contributed by atoms with Crippen LogP contribution in [0.5, 0.6) is 0 Å². The van der Waals surface area contributed by atoms with Gasteiger partial charge in [0.25, 0.3) is 0 Å². The molecule has 1 aliphatic heterocycles. The van der Waals surface area contributed by atoms with E-state index in [9.17, 15) is 0 Å². The van der Waals surface area contributed by atoms with Crippen molar-refractivity contribution in [2.45, 2.75) is 59.0 Å². The van der Waals surface area contributed by atoms with E-state index < -0.39 is 0 Å². The zero-order valence-corrected chi connectivity index (χ0v) is 10.9. The zero-order valence-electron chi connectivity index (χ0n) is 10.9. The molecule has 0 saturated carbocycles. The van der Waals surface area contributed by atoms with Gasteiger partial charge in [0.1, 0.15) is 0 Å². The highest BCUT2D eigenvalue weighted by atomic mass is 15.2. The lowest BCUT2D eigenvalue weighted by Gasteiger charge is -2.36. The summed E-state index contributed by atoms with van der Waals surface area (Å²) in [5.74, 6) is 0.919. The monoisotopic (exact) mass is 212 g/mol. The number of piperidine rings is 1. The Labute approximate surface area is 95.4 Å². The van der Waals surface area contributed by atoms with Gasteiger partial charge in [-0.15, -0.1) is 0 Å². The maximum atomic E-state index is 3.44. The molecule has 0 aromatic heterocycles. The van der Waals surface area contributed by atoms with Gasteiger partial charge < -0.3 is 5.32 Å². The van der Waals surface area contributed by atoms with E-state index in [1.165, 1.54) is 38.9 Å². The normalized spacial score (nSPS) is 21.2. The van der Waals surface area contributed by atoms with Crippen LogP contribution in [-0.2, 0) is 0 Å². The molecule has 90 valence electrons. The van der Waals surface area contributed by atoms with Crippen molar-refractivity contribution in [3.05, 3.63) is 0 Å². The second kappa shape index (κ2) is 6.49. The lowest BCUT2D eigenvalue weighted by Crippen LogP contribution is -2.43. The average molecular weight is 212 g/mol. The number of rotatable bonds is 5. The van der Waals surface area contributed by atoms with Crippen molar-refractivity contribution in [1.29, 1.82) is 0 Å². The molecule has 0 aromatic rings. The lowest BCUT2D eigenvalue weighted by atomic mass is 9.96. The number of nitrogens with zero attached hydrogens (tertiary/aromatic N) is 1. The smallest absolute Gasteiger partial charge is 0.00671 e. The van der Waals surface area contributed by atoms with Crippen molar-refractivity contribution in [1.82, 2.24) is 10.2 Å². The third-order valence-corrected chi connectivity index (χ3v) is 3.75. The molecular formula is C13H28N2. The molecule has 0 bridgehead atoms. The van der Waals surface area contributed by atoms with Crippen molar-refractivity contribution in [3.8, 4) is 0 Å². The largest absolute Gasteiger partial charge is 0.317 e. The first-order valence-corrected chi connectivity index (χ1v) is 6.61. The van der Waals surface area contributed by atoms with E-state index in [0.717, 1.165) is 12.0 Å². The number of nitrogens with one attached hydrogen (secondary N) is 1. The Bertz CT molecular complexity index is 162. The topological polar surface area (TPSA) is 15.3 Å². The summed E-state index contributed by atoms with van der Waals surface area (Å²) >= 11 is 0. The maximum absolute atomic E-state index is 3.44. The van der Waals surface area contributed by atoms with Gasteiger partial charge in [0.05, 0.1) is 0 Å². The summed E-state index contributed by atoms with van der Waals surface area (Å²) in [5.41, 5.74) is 0. The van der Waals surface area contributed by atoms with Crippen molar-refractivity contribution >= 4 is 0 Å². The third kappa shape index (κ3) is 4.12. The Morgan fingerprint density at radius 2 is 1.80 bits per heavy atom. The minimum absolute atomic E-state index is 0.690. The Balaban J connectivity index is 2.42. The molecule has 1 aliphatic rings. The SMILES string of the molecule is CCC(C)N(CC1CCNCC1)C(C)C. The van der Waals surface area contributed by atoms with Crippen molar-refractivity contribution in [2.75, 3.05) is 19.6 Å². The molecule has 2 nitrogen and oxygen atoms in total. The van der Waals surface area contributed by atoms with Gasteiger partial charge in [0.2, 0.25) is 0 Å². The average Bonchev–Trinajstić information content (AvgIpc) is 2.26. The standard InChI is InChI=1S/C13H28N2/c1-5-12(4)15(11(2)3)10-13-6-8-14-9-7-13/h11-14H,5-10H2,1-4H3. The summed E-state index contributed by atoms with van der Waals surface area (Å²) < 4.78 is 0. The van der Waals surface area contributed by atoms with Crippen molar-refractivity contribution < 1.29 is 0 Å². The van der Waals surface area contributed by atoms with E-state index in [-0.39, 0.29) is 0 Å². The Kier molecular flexibility index (Phi) is 5.62. The molecule has 0 spiro atoms.